The molecule has 21 heavy (non-hydrogen) atoms. The van der Waals surface area contributed by atoms with Crippen LogP contribution in [0, 0.1) is 18.3 Å². The first kappa shape index (κ1) is 13.6. The maximum Gasteiger partial charge on any atom is 0.273 e. The predicted octanol–water partition coefficient (Wildman–Crippen LogP) is 2.61. The lowest BCUT2D eigenvalue weighted by atomic mass is 10.2. The van der Waals surface area contributed by atoms with E-state index in [9.17, 15) is 8.42 Å². The molecule has 0 saturated heterocycles. The Labute approximate surface area is 125 Å². The zero-order valence-corrected chi connectivity index (χ0v) is 12.5. The standard InChI is InChI=1S/C13H10N4O2S2/c1-8-5-12(20-16-8)21(18,19)17-11-4-2-3-10-9(6-14)7-15-13(10)11/h2-5,7,15,17H,1H3. The van der Waals surface area contributed by atoms with Gasteiger partial charge in [-0.1, -0.05) is 12.1 Å². The number of nitrogens with one attached hydrogen (secondary N) is 2. The summed E-state index contributed by atoms with van der Waals surface area (Å²) in [6.45, 7) is 1.74. The van der Waals surface area contributed by atoms with Crippen LogP contribution in [0.25, 0.3) is 10.9 Å². The highest BCUT2D eigenvalue weighted by Gasteiger charge is 2.19. The summed E-state index contributed by atoms with van der Waals surface area (Å²) < 4.78 is 31.3. The van der Waals surface area contributed by atoms with E-state index in [-0.39, 0.29) is 4.21 Å². The van der Waals surface area contributed by atoms with Crippen molar-refractivity contribution in [3.63, 3.8) is 0 Å². The van der Waals surface area contributed by atoms with E-state index in [1.54, 1.807) is 31.3 Å². The Balaban J connectivity index is 2.06. The van der Waals surface area contributed by atoms with Crippen molar-refractivity contribution in [3.05, 3.63) is 41.7 Å². The summed E-state index contributed by atoms with van der Waals surface area (Å²) in [6, 6.07) is 8.68. The van der Waals surface area contributed by atoms with E-state index < -0.39 is 10.0 Å². The molecule has 0 saturated carbocycles. The second-order valence-electron chi connectivity index (χ2n) is 4.44. The second-order valence-corrected chi connectivity index (χ2v) is 7.15. The van der Waals surface area contributed by atoms with E-state index in [0.717, 1.165) is 11.5 Å². The maximum atomic E-state index is 12.3. The van der Waals surface area contributed by atoms with Crippen molar-refractivity contribution in [2.75, 3.05) is 4.72 Å². The average molecular weight is 318 g/mol. The molecule has 0 atom stereocenters. The van der Waals surface area contributed by atoms with E-state index in [1.807, 2.05) is 0 Å². The van der Waals surface area contributed by atoms with Crippen LogP contribution in [0.3, 0.4) is 0 Å². The molecule has 1 aromatic carbocycles. The molecule has 8 heteroatoms. The van der Waals surface area contributed by atoms with Crippen molar-refractivity contribution in [1.29, 1.82) is 5.26 Å². The van der Waals surface area contributed by atoms with Crippen LogP contribution < -0.4 is 4.72 Å². The molecule has 0 aliphatic carbocycles. The molecule has 0 spiro atoms. The van der Waals surface area contributed by atoms with Gasteiger partial charge in [0.25, 0.3) is 10.0 Å². The fraction of sp³-hybridized carbons (Fsp3) is 0.0769. The monoisotopic (exact) mass is 318 g/mol. The third-order valence-electron chi connectivity index (χ3n) is 2.95. The minimum Gasteiger partial charge on any atom is -0.358 e. The number of aromatic amines is 1. The molecule has 0 radical (unpaired) electrons. The van der Waals surface area contributed by atoms with Crippen LogP contribution in [0.1, 0.15) is 11.3 Å². The van der Waals surface area contributed by atoms with Gasteiger partial charge in [-0.05, 0) is 30.6 Å². The molecule has 0 bridgehead atoms. The number of aromatic nitrogens is 2. The fourth-order valence-corrected chi connectivity index (χ4v) is 4.02. The SMILES string of the molecule is Cc1cc(S(=O)(=O)Nc2cccc3c(C#N)c[nH]c23)sn1. The van der Waals surface area contributed by atoms with E-state index in [2.05, 4.69) is 20.1 Å². The van der Waals surface area contributed by atoms with Gasteiger partial charge in [-0.15, -0.1) is 0 Å². The van der Waals surface area contributed by atoms with E-state index in [0.29, 0.717) is 27.8 Å². The number of fused-ring (bicyclic) bond motifs is 1. The molecule has 0 fully saturated rings. The van der Waals surface area contributed by atoms with Crippen LogP contribution in [0.4, 0.5) is 5.69 Å². The summed E-state index contributed by atoms with van der Waals surface area (Å²) in [7, 11) is -3.68. The van der Waals surface area contributed by atoms with Gasteiger partial charge in [-0.25, -0.2) is 8.42 Å². The second kappa shape index (κ2) is 4.87. The first-order chi connectivity index (χ1) is 10.0. The number of benzene rings is 1. The number of nitrogens with zero attached hydrogens (tertiary/aromatic N) is 2. The summed E-state index contributed by atoms with van der Waals surface area (Å²) in [5.74, 6) is 0. The number of rotatable bonds is 3. The van der Waals surface area contributed by atoms with Gasteiger partial charge in [-0.3, -0.25) is 4.72 Å². The van der Waals surface area contributed by atoms with Gasteiger partial charge in [0.2, 0.25) is 0 Å². The highest BCUT2D eigenvalue weighted by molar-refractivity contribution is 7.94. The normalized spacial score (nSPS) is 11.4. The molecule has 3 rings (SSSR count). The van der Waals surface area contributed by atoms with Crippen molar-refractivity contribution in [2.45, 2.75) is 11.1 Å². The van der Waals surface area contributed by atoms with Crippen LogP contribution in [0.2, 0.25) is 0 Å². The van der Waals surface area contributed by atoms with Gasteiger partial charge in [0, 0.05) is 11.6 Å². The summed E-state index contributed by atoms with van der Waals surface area (Å²) in [6.07, 6.45) is 1.55. The van der Waals surface area contributed by atoms with Gasteiger partial charge >= 0.3 is 0 Å². The number of nitriles is 1. The van der Waals surface area contributed by atoms with Gasteiger partial charge in [0.1, 0.15) is 6.07 Å². The van der Waals surface area contributed by atoms with Crippen molar-refractivity contribution < 1.29 is 8.42 Å². The Morgan fingerprint density at radius 1 is 1.43 bits per heavy atom. The number of hydrogen-bond donors (Lipinski definition) is 2. The maximum absolute atomic E-state index is 12.3. The quantitative estimate of drug-likeness (QED) is 0.775. The minimum atomic E-state index is -3.68. The van der Waals surface area contributed by atoms with Crippen LogP contribution in [-0.2, 0) is 10.0 Å². The van der Waals surface area contributed by atoms with E-state index in [1.165, 1.54) is 6.07 Å². The first-order valence-corrected chi connectivity index (χ1v) is 8.23. The Morgan fingerprint density at radius 3 is 2.90 bits per heavy atom. The van der Waals surface area contributed by atoms with Crippen molar-refractivity contribution in [3.8, 4) is 6.07 Å². The van der Waals surface area contributed by atoms with Crippen LogP contribution in [0.15, 0.2) is 34.7 Å². The van der Waals surface area contributed by atoms with Gasteiger partial charge in [0.15, 0.2) is 4.21 Å². The fourth-order valence-electron chi connectivity index (χ4n) is 1.99. The molecule has 2 N–H and O–H groups in total. The number of sulfonamides is 1. The smallest absolute Gasteiger partial charge is 0.273 e. The molecule has 6 nitrogen and oxygen atoms in total. The molecule has 2 aromatic heterocycles. The third-order valence-corrected chi connectivity index (χ3v) is 5.65. The van der Waals surface area contributed by atoms with Gasteiger partial charge < -0.3 is 4.98 Å². The first-order valence-electron chi connectivity index (χ1n) is 5.97. The topological polar surface area (TPSA) is 98.6 Å². The van der Waals surface area contributed by atoms with Crippen molar-refractivity contribution >= 4 is 38.1 Å². The highest BCUT2D eigenvalue weighted by atomic mass is 32.2. The largest absolute Gasteiger partial charge is 0.358 e. The zero-order valence-electron chi connectivity index (χ0n) is 10.9. The molecule has 3 aromatic rings. The molecule has 2 heterocycles. The Hall–Kier alpha value is -2.37. The Morgan fingerprint density at radius 2 is 2.24 bits per heavy atom. The van der Waals surface area contributed by atoms with Crippen LogP contribution >= 0.6 is 11.5 Å². The molecule has 0 aliphatic rings. The number of anilines is 1. The summed E-state index contributed by atoms with van der Waals surface area (Å²) >= 11 is 0.928. The van der Waals surface area contributed by atoms with Crippen molar-refractivity contribution in [1.82, 2.24) is 9.36 Å². The molecule has 106 valence electrons. The number of hydrogen-bond acceptors (Lipinski definition) is 5. The molecular formula is C13H10N4O2S2. The lowest BCUT2D eigenvalue weighted by Crippen LogP contribution is -2.11. The molecule has 0 amide bonds. The molecule has 0 aliphatic heterocycles. The lowest BCUT2D eigenvalue weighted by Gasteiger charge is -2.07. The molecule has 0 unspecified atom stereocenters. The minimum absolute atomic E-state index is 0.157. The Kier molecular flexibility index (Phi) is 3.16. The lowest BCUT2D eigenvalue weighted by molar-refractivity contribution is 0.603. The van der Waals surface area contributed by atoms with E-state index >= 15 is 0 Å². The van der Waals surface area contributed by atoms with Gasteiger partial charge in [-0.2, -0.15) is 9.64 Å². The summed E-state index contributed by atoms with van der Waals surface area (Å²) in [5.41, 5.74) is 2.11. The number of H-pyrrole nitrogens is 1. The predicted molar refractivity (Wildman–Crippen MR) is 80.7 cm³/mol. The van der Waals surface area contributed by atoms with E-state index in [4.69, 9.17) is 5.26 Å². The van der Waals surface area contributed by atoms with Gasteiger partial charge in [0.05, 0.1) is 22.5 Å². The van der Waals surface area contributed by atoms with Crippen LogP contribution in [-0.4, -0.2) is 17.8 Å². The Bertz CT molecular complexity index is 964. The van der Waals surface area contributed by atoms with Crippen molar-refractivity contribution in [2.24, 2.45) is 0 Å². The molecular weight excluding hydrogens is 308 g/mol. The average Bonchev–Trinajstić information content (AvgIpc) is 3.05. The summed E-state index contributed by atoms with van der Waals surface area (Å²) in [4.78, 5) is 2.93. The summed E-state index contributed by atoms with van der Waals surface area (Å²) in [5, 5.41) is 9.69. The number of para-hydroxylation sites is 1. The highest BCUT2D eigenvalue weighted by Crippen LogP contribution is 2.27. The zero-order chi connectivity index (χ0) is 15.0. The number of aryl methyl sites for hydroxylation is 1. The van der Waals surface area contributed by atoms with Crippen LogP contribution in [0.5, 0.6) is 0 Å². The third kappa shape index (κ3) is 2.37.